The molecule has 0 aliphatic heterocycles. The predicted octanol–water partition coefficient (Wildman–Crippen LogP) is -1.33. The highest BCUT2D eigenvalue weighted by Gasteiger charge is 2.15. The van der Waals surface area contributed by atoms with Crippen LogP contribution >= 0.6 is 0 Å². The van der Waals surface area contributed by atoms with Gasteiger partial charge in [-0.2, -0.15) is 10.5 Å². The van der Waals surface area contributed by atoms with Crippen molar-refractivity contribution in [2.75, 3.05) is 19.8 Å². The average molecular weight is 378 g/mol. The molecule has 1 rings (SSSR count). The summed E-state index contributed by atoms with van der Waals surface area (Å²) in [5.74, 6) is 0. The van der Waals surface area contributed by atoms with Crippen LogP contribution in [0.4, 0.5) is 0 Å². The van der Waals surface area contributed by atoms with Gasteiger partial charge in [0.25, 0.3) is 12.5 Å². The van der Waals surface area contributed by atoms with Crippen LogP contribution in [0, 0.1) is 23.0 Å². The fourth-order valence-electron chi connectivity index (χ4n) is 2.29. The van der Waals surface area contributed by atoms with Gasteiger partial charge in [0.15, 0.2) is 0 Å². The Morgan fingerprint density at radius 3 is 1.56 bits per heavy atom. The van der Waals surface area contributed by atoms with Gasteiger partial charge in [0, 0.05) is 32.5 Å². The van der Waals surface area contributed by atoms with E-state index in [9.17, 15) is 19.2 Å². The summed E-state index contributed by atoms with van der Waals surface area (Å²) in [6.45, 7) is 0.00575. The van der Waals surface area contributed by atoms with Crippen LogP contribution in [-0.4, -0.2) is 39.5 Å². The molecule has 0 unspecified atom stereocenters. The van der Waals surface area contributed by atoms with Crippen molar-refractivity contribution in [3.8, 4) is 12.5 Å². The minimum atomic E-state index is -0.791. The smallest absolute Gasteiger partial charge is 0.336 e. The number of hydrogen-bond acceptors (Lipinski definition) is 9. The molecule has 0 aliphatic rings. The van der Waals surface area contributed by atoms with Gasteiger partial charge in [-0.15, -0.1) is 0 Å². The predicted molar refractivity (Wildman–Crippen MR) is 89.2 cm³/mol. The molecule has 0 saturated carbocycles. The first-order chi connectivity index (χ1) is 13.1. The number of isocyanates is 1. The summed E-state index contributed by atoms with van der Waals surface area (Å²) in [7, 11) is 0. The zero-order chi connectivity index (χ0) is 20.1. The topological polar surface area (TPSA) is 161 Å². The Labute approximate surface area is 153 Å². The maximum atomic E-state index is 12.5. The zero-order valence-corrected chi connectivity index (χ0v) is 14.5. The number of carbonyl (C=O) groups excluding carboxylic acids is 1. The molecule has 144 valence electrons. The Kier molecular flexibility index (Phi) is 9.39. The van der Waals surface area contributed by atoms with E-state index in [0.717, 1.165) is 13.7 Å². The highest BCUT2D eigenvalue weighted by Crippen LogP contribution is 1.89. The molecule has 0 saturated heterocycles. The van der Waals surface area contributed by atoms with Crippen molar-refractivity contribution in [1.82, 2.24) is 13.7 Å². The van der Waals surface area contributed by atoms with Crippen molar-refractivity contribution in [3.63, 3.8) is 0 Å². The summed E-state index contributed by atoms with van der Waals surface area (Å²) in [5, 5.41) is 16.7. The fraction of sp³-hybridized carbons (Fsp3) is 0.600. The van der Waals surface area contributed by atoms with Crippen LogP contribution in [-0.2, 0) is 33.9 Å². The molecular formula is C15H18N6O6. The van der Waals surface area contributed by atoms with Crippen molar-refractivity contribution in [1.29, 1.82) is 10.5 Å². The number of ether oxygens (including phenoxy) is 2. The van der Waals surface area contributed by atoms with E-state index in [0.29, 0.717) is 0 Å². The Morgan fingerprint density at radius 1 is 0.778 bits per heavy atom. The molecule has 1 aromatic heterocycles. The molecule has 12 heteroatoms. The quantitative estimate of drug-likeness (QED) is 0.187. The van der Waals surface area contributed by atoms with E-state index < -0.39 is 17.1 Å². The largest absolute Gasteiger partial charge is 0.427 e. The van der Waals surface area contributed by atoms with E-state index in [2.05, 4.69) is 14.5 Å². The second-order valence-electron chi connectivity index (χ2n) is 5.22. The zero-order valence-electron chi connectivity index (χ0n) is 14.5. The molecule has 1 heterocycles. The van der Waals surface area contributed by atoms with Crippen molar-refractivity contribution in [3.05, 3.63) is 31.5 Å². The van der Waals surface area contributed by atoms with E-state index in [-0.39, 0.29) is 58.7 Å². The third kappa shape index (κ3) is 6.30. The van der Waals surface area contributed by atoms with Crippen molar-refractivity contribution < 1.29 is 14.3 Å². The maximum Gasteiger partial charge on any atom is 0.336 e. The van der Waals surface area contributed by atoms with Gasteiger partial charge in [-0.05, 0) is 6.42 Å². The number of aliphatic imine (C=N–C) groups is 1. The first-order valence-electron chi connectivity index (χ1n) is 8.08. The summed E-state index contributed by atoms with van der Waals surface area (Å²) in [6.07, 6.45) is 5.00. The molecule has 27 heavy (non-hydrogen) atoms. The van der Waals surface area contributed by atoms with Gasteiger partial charge in [-0.3, -0.25) is 0 Å². The van der Waals surface area contributed by atoms with Crippen LogP contribution in [0.1, 0.15) is 19.3 Å². The monoisotopic (exact) mass is 378 g/mol. The molecule has 0 spiro atoms. The lowest BCUT2D eigenvalue weighted by Gasteiger charge is -2.13. The van der Waals surface area contributed by atoms with Gasteiger partial charge < -0.3 is 9.47 Å². The minimum absolute atomic E-state index is 0.0194. The van der Waals surface area contributed by atoms with E-state index >= 15 is 0 Å². The third-order valence-corrected chi connectivity index (χ3v) is 3.49. The van der Waals surface area contributed by atoms with Crippen LogP contribution < -0.4 is 17.1 Å². The van der Waals surface area contributed by atoms with Gasteiger partial charge in [0.1, 0.15) is 13.2 Å². The Bertz CT molecular complexity index is 864. The number of hydrogen-bond donors (Lipinski definition) is 0. The van der Waals surface area contributed by atoms with Gasteiger partial charge in [-0.1, -0.05) is 0 Å². The van der Waals surface area contributed by atoms with Crippen LogP contribution in [0.3, 0.4) is 0 Å². The van der Waals surface area contributed by atoms with E-state index in [1.54, 1.807) is 0 Å². The Morgan fingerprint density at radius 2 is 1.19 bits per heavy atom. The van der Waals surface area contributed by atoms with Gasteiger partial charge >= 0.3 is 17.1 Å². The van der Waals surface area contributed by atoms with Gasteiger partial charge in [0.2, 0.25) is 6.08 Å². The lowest BCUT2D eigenvalue weighted by Crippen LogP contribution is -2.54. The van der Waals surface area contributed by atoms with E-state index in [1.807, 2.05) is 0 Å². The normalized spacial score (nSPS) is 9.70. The first-order valence-corrected chi connectivity index (χ1v) is 8.08. The highest BCUT2D eigenvalue weighted by molar-refractivity contribution is 5.32. The molecule has 0 aliphatic carbocycles. The highest BCUT2D eigenvalue weighted by atomic mass is 16.5. The first kappa shape index (κ1) is 21.4. The van der Waals surface area contributed by atoms with Crippen LogP contribution in [0.15, 0.2) is 19.4 Å². The molecule has 0 bridgehead atoms. The molecule has 0 atom stereocenters. The van der Waals surface area contributed by atoms with Crippen LogP contribution in [0.25, 0.3) is 0 Å². The Balaban J connectivity index is 3.18. The van der Waals surface area contributed by atoms with E-state index in [4.69, 9.17) is 10.5 Å². The Hall–Kier alpha value is -3.63. The minimum Gasteiger partial charge on any atom is -0.427 e. The number of rotatable bonds is 12. The summed E-state index contributed by atoms with van der Waals surface area (Å²) >= 11 is 0. The van der Waals surface area contributed by atoms with Gasteiger partial charge in [-0.25, -0.2) is 37.9 Å². The van der Waals surface area contributed by atoms with Crippen LogP contribution in [0.2, 0.25) is 0 Å². The van der Waals surface area contributed by atoms with Gasteiger partial charge in [0.05, 0.1) is 6.54 Å². The molecule has 0 amide bonds. The average Bonchev–Trinajstić information content (AvgIpc) is 2.66. The number of nitriles is 2. The van der Waals surface area contributed by atoms with E-state index in [1.165, 1.54) is 18.6 Å². The maximum absolute atomic E-state index is 12.5. The molecule has 0 N–H and O–H groups in total. The fourth-order valence-corrected chi connectivity index (χ4v) is 2.29. The molecule has 1 aromatic rings. The standard InChI is InChI=1S/C15H18N6O6/c16-10-26-8-2-6-20-13(23)19(5-1-4-18-12-22)14(24)21(15(20)25)7-3-9-27-11-17/h1-9H2. The molecule has 0 aromatic carbocycles. The molecule has 12 nitrogen and oxygen atoms in total. The lowest BCUT2D eigenvalue weighted by atomic mass is 10.4. The van der Waals surface area contributed by atoms with Crippen LogP contribution in [0.5, 0.6) is 0 Å². The molecule has 0 radical (unpaired) electrons. The summed E-state index contributed by atoms with van der Waals surface area (Å²) in [5.41, 5.74) is -2.37. The second kappa shape index (κ2) is 11.8. The third-order valence-electron chi connectivity index (χ3n) is 3.49. The van der Waals surface area contributed by atoms with Crippen molar-refractivity contribution in [2.24, 2.45) is 4.99 Å². The van der Waals surface area contributed by atoms with Crippen molar-refractivity contribution in [2.45, 2.75) is 38.9 Å². The lowest BCUT2D eigenvalue weighted by molar-refractivity contribution is 0.248. The molecule has 0 fully saturated rings. The number of nitrogens with zero attached hydrogens (tertiary/aromatic N) is 6. The molecular weight excluding hydrogens is 360 g/mol. The number of aromatic nitrogens is 3. The summed E-state index contributed by atoms with van der Waals surface area (Å²) < 4.78 is 11.7. The van der Waals surface area contributed by atoms with Crippen molar-refractivity contribution >= 4 is 6.08 Å². The summed E-state index contributed by atoms with van der Waals surface area (Å²) in [4.78, 5) is 51.0. The SMILES string of the molecule is N#COCCCn1c(=O)n(CCCN=C=O)c(=O)n(CCCOC#N)c1=O. The summed E-state index contributed by atoms with van der Waals surface area (Å²) in [6, 6.07) is 0. The second-order valence-corrected chi connectivity index (χ2v) is 5.22.